The highest BCUT2D eigenvalue weighted by molar-refractivity contribution is 7.21. The van der Waals surface area contributed by atoms with Crippen LogP contribution in [0.1, 0.15) is 40.0 Å². The van der Waals surface area contributed by atoms with Gasteiger partial charge >= 0.3 is 6.09 Å². The number of rotatable bonds is 3. The van der Waals surface area contributed by atoms with Gasteiger partial charge in [0.05, 0.1) is 0 Å². The first-order valence-corrected chi connectivity index (χ1v) is 8.66. The molecule has 7 heteroatoms. The molecular weight excluding hydrogens is 312 g/mol. The zero-order valence-corrected chi connectivity index (χ0v) is 14.4. The Bertz CT molecular complexity index is 676. The number of anilines is 1. The lowest BCUT2D eigenvalue weighted by molar-refractivity contribution is 0.0718. The van der Waals surface area contributed by atoms with E-state index in [9.17, 15) is 9.90 Å². The third-order valence-electron chi connectivity index (χ3n) is 4.19. The number of amides is 1. The van der Waals surface area contributed by atoms with Crippen LogP contribution >= 0.6 is 11.3 Å². The minimum absolute atomic E-state index is 0.0532. The average Bonchev–Trinajstić information content (AvgIpc) is 3.03. The Morgan fingerprint density at radius 2 is 2.22 bits per heavy atom. The first kappa shape index (κ1) is 16.0. The van der Waals surface area contributed by atoms with Gasteiger partial charge in [0.2, 0.25) is 0 Å². The van der Waals surface area contributed by atoms with Crippen molar-refractivity contribution in [1.82, 2.24) is 14.9 Å². The summed E-state index contributed by atoms with van der Waals surface area (Å²) >= 11 is 1.54. The lowest BCUT2D eigenvalue weighted by Gasteiger charge is -2.38. The third kappa shape index (κ3) is 3.39. The van der Waals surface area contributed by atoms with E-state index in [-0.39, 0.29) is 17.6 Å². The molecule has 0 unspecified atom stereocenters. The molecule has 6 nitrogen and oxygen atoms in total. The first-order valence-electron chi connectivity index (χ1n) is 7.85. The van der Waals surface area contributed by atoms with Gasteiger partial charge in [-0.15, -0.1) is 0 Å². The van der Waals surface area contributed by atoms with Gasteiger partial charge in [0.25, 0.3) is 0 Å². The van der Waals surface area contributed by atoms with Gasteiger partial charge in [-0.2, -0.15) is 0 Å². The van der Waals surface area contributed by atoms with Crippen LogP contribution in [0.3, 0.4) is 0 Å². The fourth-order valence-electron chi connectivity index (χ4n) is 3.32. The first-order chi connectivity index (χ1) is 10.8. The number of aromatic nitrogens is 2. The fourth-order valence-corrected chi connectivity index (χ4v) is 4.20. The second-order valence-electron chi connectivity index (χ2n) is 6.98. The predicted molar refractivity (Wildman–Crippen MR) is 92.1 cm³/mol. The number of nitrogens with zero attached hydrogens (tertiary/aromatic N) is 3. The molecular formula is C16H22N4O2S. The number of thiazole rings is 1. The Labute approximate surface area is 139 Å². The summed E-state index contributed by atoms with van der Waals surface area (Å²) in [6.07, 6.45) is 3.57. The average molecular weight is 334 g/mol. The Morgan fingerprint density at radius 3 is 2.87 bits per heavy atom. The number of hydrogen-bond donors (Lipinski definition) is 2. The summed E-state index contributed by atoms with van der Waals surface area (Å²) in [7, 11) is 0. The van der Waals surface area contributed by atoms with Crippen molar-refractivity contribution in [2.75, 3.05) is 5.32 Å². The van der Waals surface area contributed by atoms with Crippen molar-refractivity contribution in [3.8, 4) is 0 Å². The maximum atomic E-state index is 11.6. The molecule has 2 aromatic rings. The standard InChI is InChI=1S/C16H22N4O2S/c1-16(2,3)20(15(21)22)11-7-6-10(9-11)18-14-19-12-5-4-8-17-13(12)23-14/h4-5,8,10-11H,6-7,9H2,1-3H3,(H,18,19)(H,21,22)/t10-,11-/m0/s1. The maximum absolute atomic E-state index is 11.6. The Morgan fingerprint density at radius 1 is 1.43 bits per heavy atom. The molecule has 2 aromatic heterocycles. The predicted octanol–water partition coefficient (Wildman–Crippen LogP) is 3.80. The van der Waals surface area contributed by atoms with E-state index in [0.29, 0.717) is 0 Å². The molecule has 1 saturated carbocycles. The molecule has 1 aliphatic rings. The van der Waals surface area contributed by atoms with Gasteiger partial charge < -0.3 is 15.3 Å². The normalized spacial score (nSPS) is 21.5. The van der Waals surface area contributed by atoms with Gasteiger partial charge in [-0.25, -0.2) is 14.8 Å². The highest BCUT2D eigenvalue weighted by atomic mass is 32.1. The van der Waals surface area contributed by atoms with Crippen LogP contribution in [-0.4, -0.2) is 43.7 Å². The van der Waals surface area contributed by atoms with Gasteiger partial charge in [0, 0.05) is 23.8 Å². The van der Waals surface area contributed by atoms with Crippen molar-refractivity contribution in [1.29, 1.82) is 0 Å². The zero-order valence-electron chi connectivity index (χ0n) is 13.6. The quantitative estimate of drug-likeness (QED) is 0.892. The second kappa shape index (κ2) is 5.96. The van der Waals surface area contributed by atoms with Crippen LogP contribution in [0.15, 0.2) is 18.3 Å². The molecule has 0 aromatic carbocycles. The highest BCUT2D eigenvalue weighted by Gasteiger charge is 2.38. The minimum atomic E-state index is -0.840. The lowest BCUT2D eigenvalue weighted by Crippen LogP contribution is -2.50. The Kier molecular flexibility index (Phi) is 4.14. The number of fused-ring (bicyclic) bond motifs is 1. The van der Waals surface area contributed by atoms with E-state index in [1.54, 1.807) is 22.4 Å². The van der Waals surface area contributed by atoms with Gasteiger partial charge in [-0.3, -0.25) is 0 Å². The van der Waals surface area contributed by atoms with Crippen LogP contribution in [0.2, 0.25) is 0 Å². The summed E-state index contributed by atoms with van der Waals surface area (Å²) in [5.74, 6) is 0. The molecule has 3 rings (SSSR count). The van der Waals surface area contributed by atoms with E-state index in [0.717, 1.165) is 34.7 Å². The van der Waals surface area contributed by atoms with E-state index in [1.165, 1.54) is 0 Å². The number of pyridine rings is 1. The van der Waals surface area contributed by atoms with Crippen LogP contribution in [0.4, 0.5) is 9.93 Å². The topological polar surface area (TPSA) is 78.4 Å². The van der Waals surface area contributed by atoms with E-state index < -0.39 is 6.09 Å². The zero-order chi connectivity index (χ0) is 16.6. The molecule has 0 bridgehead atoms. The number of carbonyl (C=O) groups is 1. The van der Waals surface area contributed by atoms with Gasteiger partial charge in [-0.05, 0) is 52.2 Å². The van der Waals surface area contributed by atoms with Crippen LogP contribution in [0.25, 0.3) is 10.3 Å². The second-order valence-corrected chi connectivity index (χ2v) is 7.96. The van der Waals surface area contributed by atoms with Crippen molar-refractivity contribution in [3.63, 3.8) is 0 Å². The highest BCUT2D eigenvalue weighted by Crippen LogP contribution is 2.32. The molecule has 1 amide bonds. The van der Waals surface area contributed by atoms with Gasteiger partial charge in [0.1, 0.15) is 10.3 Å². The number of nitrogens with one attached hydrogen (secondary N) is 1. The summed E-state index contributed by atoms with van der Waals surface area (Å²) < 4.78 is 0. The molecule has 0 spiro atoms. The molecule has 2 atom stereocenters. The van der Waals surface area contributed by atoms with Crippen molar-refractivity contribution in [3.05, 3.63) is 18.3 Å². The molecule has 2 N–H and O–H groups in total. The van der Waals surface area contributed by atoms with Crippen LogP contribution < -0.4 is 5.32 Å². The number of carboxylic acid groups (broad SMARTS) is 1. The van der Waals surface area contributed by atoms with E-state index in [1.807, 2.05) is 32.9 Å². The summed E-state index contributed by atoms with van der Waals surface area (Å²) in [5.41, 5.74) is 0.516. The molecule has 1 fully saturated rings. The van der Waals surface area contributed by atoms with E-state index in [4.69, 9.17) is 0 Å². The van der Waals surface area contributed by atoms with E-state index in [2.05, 4.69) is 15.3 Å². The smallest absolute Gasteiger partial charge is 0.407 e. The SMILES string of the molecule is CC(C)(C)N(C(=O)O)[C@H]1CC[C@H](Nc2nc3cccnc3s2)C1. The van der Waals surface area contributed by atoms with Crippen LogP contribution in [-0.2, 0) is 0 Å². The molecule has 23 heavy (non-hydrogen) atoms. The third-order valence-corrected chi connectivity index (χ3v) is 5.10. The summed E-state index contributed by atoms with van der Waals surface area (Å²) in [6.45, 7) is 5.84. The summed E-state index contributed by atoms with van der Waals surface area (Å²) in [4.78, 5) is 23.0. The van der Waals surface area contributed by atoms with Gasteiger partial charge in [0.15, 0.2) is 5.13 Å². The number of hydrogen-bond acceptors (Lipinski definition) is 5. The molecule has 0 aliphatic heterocycles. The van der Waals surface area contributed by atoms with Crippen molar-refractivity contribution in [2.24, 2.45) is 0 Å². The summed E-state index contributed by atoms with van der Waals surface area (Å²) in [6, 6.07) is 4.14. The van der Waals surface area contributed by atoms with Crippen LogP contribution in [0.5, 0.6) is 0 Å². The molecule has 0 saturated heterocycles. The molecule has 124 valence electrons. The Balaban J connectivity index is 1.68. The Hall–Kier alpha value is -1.89. The monoisotopic (exact) mass is 334 g/mol. The molecule has 1 aliphatic carbocycles. The lowest BCUT2D eigenvalue weighted by atomic mass is 10.0. The van der Waals surface area contributed by atoms with Crippen LogP contribution in [0, 0.1) is 0 Å². The largest absolute Gasteiger partial charge is 0.465 e. The summed E-state index contributed by atoms with van der Waals surface area (Å²) in [5, 5.41) is 13.8. The van der Waals surface area contributed by atoms with Crippen molar-refractivity contribution < 1.29 is 9.90 Å². The fraction of sp³-hybridized carbons (Fsp3) is 0.562. The molecule has 0 radical (unpaired) electrons. The van der Waals surface area contributed by atoms with E-state index >= 15 is 0 Å². The van der Waals surface area contributed by atoms with Gasteiger partial charge in [-0.1, -0.05) is 11.3 Å². The van der Waals surface area contributed by atoms with Crippen molar-refractivity contribution >= 4 is 32.9 Å². The van der Waals surface area contributed by atoms with Crippen molar-refractivity contribution in [2.45, 2.75) is 57.7 Å². The maximum Gasteiger partial charge on any atom is 0.407 e. The minimum Gasteiger partial charge on any atom is -0.465 e. The molecule has 2 heterocycles.